The maximum atomic E-state index is 12.7. The molecule has 1 aromatic heterocycles. The highest BCUT2D eigenvalue weighted by Crippen LogP contribution is 2.40. The van der Waals surface area contributed by atoms with E-state index in [0.717, 1.165) is 22.1 Å². The number of benzene rings is 3. The molecule has 4 aromatic rings. The quantitative estimate of drug-likeness (QED) is 0.357. The van der Waals surface area contributed by atoms with E-state index in [9.17, 15) is 13.2 Å². The van der Waals surface area contributed by atoms with Crippen molar-refractivity contribution in [2.75, 3.05) is 19.5 Å². The number of anilines is 1. The smallest absolute Gasteiger partial charge is 0.248 e. The molecule has 9 heteroatoms. The molecule has 0 unspecified atom stereocenters. The van der Waals surface area contributed by atoms with Gasteiger partial charge in [-0.05, 0) is 48.9 Å². The van der Waals surface area contributed by atoms with Gasteiger partial charge in [0.15, 0.2) is 0 Å². The van der Waals surface area contributed by atoms with Crippen LogP contribution in [0.2, 0.25) is 0 Å². The average molecular weight is 493 g/mol. The van der Waals surface area contributed by atoms with Crippen molar-refractivity contribution in [1.82, 2.24) is 0 Å². The number of nitrogens with two attached hydrogens (primary N) is 1. The van der Waals surface area contributed by atoms with Crippen LogP contribution in [0.3, 0.4) is 0 Å². The minimum atomic E-state index is -3.81. The number of nitrogens with one attached hydrogen (secondary N) is 1. The number of allylic oxidation sites excluding steroid dienone is 1. The van der Waals surface area contributed by atoms with Crippen LogP contribution in [0, 0.1) is 0 Å². The Hall–Kier alpha value is -4.08. The zero-order chi connectivity index (χ0) is 25.2. The summed E-state index contributed by atoms with van der Waals surface area (Å²) in [6.45, 7) is 1.80. The number of ether oxygens (including phenoxy) is 2. The third-order valence-electron chi connectivity index (χ3n) is 5.52. The number of fused-ring (bicyclic) bond motifs is 1. The Balaban J connectivity index is 1.68. The van der Waals surface area contributed by atoms with Crippen molar-refractivity contribution in [2.45, 2.75) is 11.8 Å². The molecule has 180 valence electrons. The van der Waals surface area contributed by atoms with E-state index in [4.69, 9.17) is 19.0 Å². The summed E-state index contributed by atoms with van der Waals surface area (Å²) in [6.07, 6.45) is 3.11. The molecular formula is C26H24N2O6S. The highest BCUT2D eigenvalue weighted by Gasteiger charge is 2.17. The molecule has 35 heavy (non-hydrogen) atoms. The molecule has 3 aromatic carbocycles. The van der Waals surface area contributed by atoms with Crippen LogP contribution >= 0.6 is 0 Å². The number of hydrogen-bond donors (Lipinski definition) is 2. The number of sulfonamides is 1. The molecule has 0 saturated heterocycles. The molecule has 0 radical (unpaired) electrons. The molecule has 1 heterocycles. The lowest BCUT2D eigenvalue weighted by Crippen LogP contribution is -2.12. The lowest BCUT2D eigenvalue weighted by atomic mass is 9.98. The van der Waals surface area contributed by atoms with Gasteiger partial charge >= 0.3 is 0 Å². The molecular weight excluding hydrogens is 468 g/mol. The molecule has 0 bridgehead atoms. The summed E-state index contributed by atoms with van der Waals surface area (Å²) in [7, 11) is -0.641. The topological polar surface area (TPSA) is 121 Å². The van der Waals surface area contributed by atoms with Crippen LogP contribution in [-0.4, -0.2) is 28.5 Å². The van der Waals surface area contributed by atoms with Crippen LogP contribution in [0.5, 0.6) is 11.5 Å². The first-order chi connectivity index (χ1) is 16.7. The van der Waals surface area contributed by atoms with Crippen molar-refractivity contribution in [1.29, 1.82) is 0 Å². The second-order valence-corrected chi connectivity index (χ2v) is 9.35. The van der Waals surface area contributed by atoms with Crippen LogP contribution in [0.1, 0.15) is 12.5 Å². The summed E-state index contributed by atoms with van der Waals surface area (Å²) in [6, 6.07) is 16.9. The second kappa shape index (κ2) is 9.65. The first-order valence-corrected chi connectivity index (χ1v) is 12.1. The van der Waals surface area contributed by atoms with E-state index in [1.165, 1.54) is 30.3 Å². The van der Waals surface area contributed by atoms with Crippen molar-refractivity contribution in [3.63, 3.8) is 0 Å². The van der Waals surface area contributed by atoms with Gasteiger partial charge in [-0.2, -0.15) is 0 Å². The highest BCUT2D eigenvalue weighted by molar-refractivity contribution is 7.89. The molecule has 0 fully saturated rings. The van der Waals surface area contributed by atoms with Gasteiger partial charge in [0.1, 0.15) is 17.1 Å². The minimum absolute atomic E-state index is 0.0359. The molecule has 0 saturated carbocycles. The van der Waals surface area contributed by atoms with Gasteiger partial charge in [-0.3, -0.25) is 4.79 Å². The lowest BCUT2D eigenvalue weighted by Gasteiger charge is -2.11. The van der Waals surface area contributed by atoms with E-state index in [1.807, 2.05) is 30.3 Å². The summed E-state index contributed by atoms with van der Waals surface area (Å²) in [5, 5.41) is 8.67. The summed E-state index contributed by atoms with van der Waals surface area (Å²) in [5.74, 6) is 0.885. The Kier molecular flexibility index (Phi) is 6.63. The average Bonchev–Trinajstić information content (AvgIpc) is 3.25. The minimum Gasteiger partial charge on any atom is -0.496 e. The van der Waals surface area contributed by atoms with Gasteiger partial charge < -0.3 is 19.2 Å². The number of methoxy groups -OCH3 is 2. The standard InChI is InChI=1S/C26H24N2O6S/c1-16(12-26(29)28-17-8-10-18(11-9-17)35(27,30)31)20-13-21-22(15-34-25(21)14-24(20)33-3)19-6-4-5-7-23(19)32-2/h4-15H,1-3H3,(H,28,29)(H2,27,30,31)/b16-12+. The van der Waals surface area contributed by atoms with E-state index in [1.54, 1.807) is 33.5 Å². The number of hydrogen-bond acceptors (Lipinski definition) is 6. The largest absolute Gasteiger partial charge is 0.496 e. The monoisotopic (exact) mass is 492 g/mol. The van der Waals surface area contributed by atoms with E-state index in [2.05, 4.69) is 5.32 Å². The van der Waals surface area contributed by atoms with Crippen molar-refractivity contribution in [3.8, 4) is 22.6 Å². The predicted molar refractivity (Wildman–Crippen MR) is 135 cm³/mol. The van der Waals surface area contributed by atoms with Crippen LogP contribution in [-0.2, 0) is 14.8 Å². The molecule has 0 aliphatic rings. The van der Waals surface area contributed by atoms with Crippen molar-refractivity contribution in [2.24, 2.45) is 5.14 Å². The summed E-state index contributed by atoms with van der Waals surface area (Å²) >= 11 is 0. The van der Waals surface area contributed by atoms with Crippen LogP contribution < -0.4 is 19.9 Å². The molecule has 8 nitrogen and oxygen atoms in total. The Morgan fingerprint density at radius 2 is 1.66 bits per heavy atom. The van der Waals surface area contributed by atoms with E-state index in [0.29, 0.717) is 28.3 Å². The van der Waals surface area contributed by atoms with Gasteiger partial charge in [-0.1, -0.05) is 18.2 Å². The summed E-state index contributed by atoms with van der Waals surface area (Å²) in [5.41, 5.74) is 4.19. The van der Waals surface area contributed by atoms with E-state index >= 15 is 0 Å². The van der Waals surface area contributed by atoms with Crippen LogP contribution in [0.25, 0.3) is 27.7 Å². The molecule has 0 atom stereocenters. The second-order valence-electron chi connectivity index (χ2n) is 7.78. The molecule has 0 aliphatic heterocycles. The number of primary sulfonamides is 1. The Morgan fingerprint density at radius 1 is 0.971 bits per heavy atom. The number of carbonyl (C=O) groups excluding carboxylic acids is 1. The SMILES string of the molecule is COc1cc2occ(-c3ccccc3OC)c2cc1/C(C)=C/C(=O)Nc1ccc(S(N)(=O)=O)cc1. The zero-order valence-corrected chi connectivity index (χ0v) is 20.2. The fourth-order valence-electron chi connectivity index (χ4n) is 3.79. The van der Waals surface area contributed by atoms with Gasteiger partial charge in [0.05, 0.1) is 25.4 Å². The van der Waals surface area contributed by atoms with Crippen molar-refractivity contribution in [3.05, 3.63) is 78.6 Å². The Bertz CT molecular complexity index is 1540. The number of carbonyl (C=O) groups is 1. The predicted octanol–water partition coefficient (Wildman–Crippen LogP) is 4.81. The van der Waals surface area contributed by atoms with Crippen molar-refractivity contribution >= 4 is 38.2 Å². The molecule has 4 rings (SSSR count). The Labute approximate surface area is 203 Å². The van der Waals surface area contributed by atoms with Gasteiger partial charge in [0, 0.05) is 39.9 Å². The van der Waals surface area contributed by atoms with Crippen LogP contribution in [0.15, 0.2) is 82.3 Å². The highest BCUT2D eigenvalue weighted by atomic mass is 32.2. The zero-order valence-electron chi connectivity index (χ0n) is 19.4. The van der Waals surface area contributed by atoms with E-state index in [-0.39, 0.29) is 10.8 Å². The van der Waals surface area contributed by atoms with Crippen LogP contribution in [0.4, 0.5) is 5.69 Å². The molecule has 0 spiro atoms. The van der Waals surface area contributed by atoms with Gasteiger partial charge in [-0.15, -0.1) is 0 Å². The maximum Gasteiger partial charge on any atom is 0.248 e. The number of furan rings is 1. The van der Waals surface area contributed by atoms with Gasteiger partial charge in [0.2, 0.25) is 15.9 Å². The van der Waals surface area contributed by atoms with E-state index < -0.39 is 10.0 Å². The first kappa shape index (κ1) is 24.1. The fourth-order valence-corrected chi connectivity index (χ4v) is 4.30. The number of amides is 1. The van der Waals surface area contributed by atoms with Gasteiger partial charge in [0.25, 0.3) is 0 Å². The summed E-state index contributed by atoms with van der Waals surface area (Å²) in [4.78, 5) is 12.6. The third kappa shape index (κ3) is 5.06. The molecule has 3 N–H and O–H groups in total. The maximum absolute atomic E-state index is 12.7. The first-order valence-electron chi connectivity index (χ1n) is 10.6. The molecule has 0 aliphatic carbocycles. The number of para-hydroxylation sites is 1. The number of rotatable bonds is 7. The normalized spacial score (nSPS) is 11.9. The lowest BCUT2D eigenvalue weighted by molar-refractivity contribution is -0.111. The fraction of sp³-hybridized carbons (Fsp3) is 0.115. The molecule has 1 amide bonds. The third-order valence-corrected chi connectivity index (χ3v) is 6.44. The summed E-state index contributed by atoms with van der Waals surface area (Å²) < 4.78 is 39.7. The Morgan fingerprint density at radius 3 is 2.31 bits per heavy atom. The van der Waals surface area contributed by atoms with Gasteiger partial charge in [-0.25, -0.2) is 13.6 Å². The van der Waals surface area contributed by atoms with Crippen molar-refractivity contribution < 1.29 is 27.1 Å².